The molecule has 0 unspecified atom stereocenters. The molecule has 2 aromatic rings. The Balaban J connectivity index is 1.24. The molecule has 334 valence electrons. The molecule has 5 aliphatic rings. The number of fused-ring (bicyclic) bond motifs is 5. The Morgan fingerprint density at radius 2 is 1.82 bits per heavy atom. The summed E-state index contributed by atoms with van der Waals surface area (Å²) in [6.45, 7) is 5.88. The summed E-state index contributed by atoms with van der Waals surface area (Å²) in [6, 6.07) is 2.54. The van der Waals surface area contributed by atoms with Gasteiger partial charge in [0.15, 0.2) is 17.1 Å². The first-order chi connectivity index (χ1) is 28.7. The van der Waals surface area contributed by atoms with Gasteiger partial charge in [-0.15, -0.1) is 0 Å². The van der Waals surface area contributed by atoms with E-state index in [9.17, 15) is 36.0 Å². The van der Waals surface area contributed by atoms with Crippen molar-refractivity contribution in [2.24, 2.45) is 17.8 Å². The largest absolute Gasteiger partial charge is 0.486 e. The van der Waals surface area contributed by atoms with E-state index in [1.54, 1.807) is 24.3 Å². The van der Waals surface area contributed by atoms with Crippen LogP contribution in [-0.2, 0) is 29.1 Å². The van der Waals surface area contributed by atoms with Crippen molar-refractivity contribution in [2.75, 3.05) is 26.4 Å². The van der Waals surface area contributed by atoms with Crippen molar-refractivity contribution in [3.63, 3.8) is 0 Å². The summed E-state index contributed by atoms with van der Waals surface area (Å²) >= 11 is 0. The number of carbonyl (C=O) groups is 4. The zero-order valence-electron chi connectivity index (χ0n) is 34.9. The predicted molar refractivity (Wildman–Crippen MR) is 215 cm³/mol. The number of allylic oxidation sites excluding steroid dienone is 1. The topological polar surface area (TPSA) is 192 Å². The highest BCUT2D eigenvalue weighted by Crippen LogP contribution is 2.48. The maximum absolute atomic E-state index is 15.0. The van der Waals surface area contributed by atoms with E-state index >= 15 is 4.79 Å². The summed E-state index contributed by atoms with van der Waals surface area (Å²) < 4.78 is 93.0. The van der Waals surface area contributed by atoms with Crippen molar-refractivity contribution >= 4 is 44.6 Å². The van der Waals surface area contributed by atoms with Crippen LogP contribution in [0.4, 0.5) is 18.0 Å². The molecule has 15 nitrogen and oxygen atoms in total. The number of alkyl halides is 3. The van der Waals surface area contributed by atoms with Gasteiger partial charge in [-0.2, -0.15) is 0 Å². The molecule has 0 bridgehead atoms. The van der Waals surface area contributed by atoms with Gasteiger partial charge >= 0.3 is 6.09 Å². The maximum atomic E-state index is 15.0. The van der Waals surface area contributed by atoms with E-state index in [0.717, 1.165) is 13.8 Å². The normalized spacial score (nSPS) is 29.5. The number of halogens is 3. The van der Waals surface area contributed by atoms with E-state index in [0.29, 0.717) is 68.1 Å². The summed E-state index contributed by atoms with van der Waals surface area (Å²) in [5.74, 6) is -5.91. The van der Waals surface area contributed by atoms with Gasteiger partial charge in [0.25, 0.3) is 11.8 Å². The van der Waals surface area contributed by atoms with Crippen LogP contribution in [0, 0.1) is 17.8 Å². The number of nitrogens with one attached hydrogen (secondary N) is 3. The number of sulfonamides is 1. The highest BCUT2D eigenvalue weighted by Gasteiger charge is 2.64. The second-order valence-corrected chi connectivity index (χ2v) is 19.8. The molecule has 3 aliphatic heterocycles. The summed E-state index contributed by atoms with van der Waals surface area (Å²) in [5, 5.41) is 6.58. The molecule has 3 N–H and O–H groups in total. The molecule has 0 spiro atoms. The van der Waals surface area contributed by atoms with Crippen LogP contribution in [0.25, 0.3) is 10.8 Å². The van der Waals surface area contributed by atoms with Gasteiger partial charge < -0.3 is 34.5 Å². The number of rotatable bonds is 10. The molecular weight excluding hydrogens is 824 g/mol. The van der Waals surface area contributed by atoms with Gasteiger partial charge in [-0.3, -0.25) is 19.1 Å². The monoisotopic (exact) mass is 877 g/mol. The lowest BCUT2D eigenvalue weighted by molar-refractivity contribution is -0.152. The number of nitrogens with zero attached hydrogens (tertiary/aromatic N) is 2. The number of amides is 4. The molecule has 2 aliphatic carbocycles. The fourth-order valence-corrected chi connectivity index (χ4v) is 9.86. The summed E-state index contributed by atoms with van der Waals surface area (Å²) in [5.41, 5.74) is -3.99. The SMILES string of the molecule is CC[C@@H]1C[C@@H](C)CC/C=C\[C@@H]2C[C@@]2(C(=O)NS(=O)(=O)C2(CF)CC2)NC(=O)[C@@H]2C[C@@H](Oc3nccc4c5c(ccc34)OCCO5)CN2C(=O)[C@H]1NC(=O)OC(C)(C)C(C)(F)F. The average Bonchev–Trinajstić information content (AvgIpc) is 4.11. The quantitative estimate of drug-likeness (QED) is 0.269. The van der Waals surface area contributed by atoms with Crippen molar-refractivity contribution in [3.05, 3.63) is 36.5 Å². The zero-order valence-corrected chi connectivity index (χ0v) is 35.7. The van der Waals surface area contributed by atoms with E-state index in [4.69, 9.17) is 18.9 Å². The van der Waals surface area contributed by atoms with Crippen LogP contribution in [0.15, 0.2) is 36.5 Å². The minimum Gasteiger partial charge on any atom is -0.486 e. The predicted octanol–water partition coefficient (Wildman–Crippen LogP) is 5.11. The Morgan fingerprint density at radius 1 is 1.08 bits per heavy atom. The van der Waals surface area contributed by atoms with Crippen molar-refractivity contribution in [2.45, 2.75) is 126 Å². The summed E-state index contributed by atoms with van der Waals surface area (Å²) in [6.07, 6.45) is 4.97. The van der Waals surface area contributed by atoms with Gasteiger partial charge in [0.2, 0.25) is 27.7 Å². The van der Waals surface area contributed by atoms with E-state index in [1.807, 2.05) is 19.9 Å². The van der Waals surface area contributed by atoms with Crippen molar-refractivity contribution < 1.29 is 59.7 Å². The van der Waals surface area contributed by atoms with Gasteiger partial charge in [0.1, 0.15) is 48.4 Å². The average molecular weight is 878 g/mol. The number of alkyl carbamates (subject to hydrolysis) is 1. The number of hydrogen-bond acceptors (Lipinski definition) is 11. The van der Waals surface area contributed by atoms with Crippen LogP contribution >= 0.6 is 0 Å². The number of benzene rings is 1. The van der Waals surface area contributed by atoms with Gasteiger partial charge in [-0.05, 0) is 82.4 Å². The third kappa shape index (κ3) is 8.67. The van der Waals surface area contributed by atoms with E-state index in [2.05, 4.69) is 20.3 Å². The Kier molecular flexibility index (Phi) is 12.0. The molecule has 19 heteroatoms. The third-order valence-corrected chi connectivity index (χ3v) is 15.1. The van der Waals surface area contributed by atoms with Crippen LogP contribution in [0.3, 0.4) is 0 Å². The Morgan fingerprint density at radius 3 is 2.51 bits per heavy atom. The highest BCUT2D eigenvalue weighted by molar-refractivity contribution is 7.91. The third-order valence-electron chi connectivity index (χ3n) is 13.0. The van der Waals surface area contributed by atoms with Crippen LogP contribution < -0.4 is 29.6 Å². The van der Waals surface area contributed by atoms with Crippen LogP contribution in [0.2, 0.25) is 0 Å². The second kappa shape index (κ2) is 16.5. The van der Waals surface area contributed by atoms with E-state index in [1.165, 1.54) is 11.1 Å². The van der Waals surface area contributed by atoms with Gasteiger partial charge in [-0.1, -0.05) is 32.4 Å². The fourth-order valence-electron chi connectivity index (χ4n) is 8.44. The van der Waals surface area contributed by atoms with Gasteiger partial charge in [0.05, 0.1) is 6.54 Å². The number of aromatic nitrogens is 1. The molecule has 61 heavy (non-hydrogen) atoms. The molecule has 1 aromatic carbocycles. The van der Waals surface area contributed by atoms with Crippen molar-refractivity contribution in [3.8, 4) is 17.4 Å². The zero-order chi connectivity index (χ0) is 44.1. The molecule has 0 radical (unpaired) electrons. The molecule has 3 fully saturated rings. The smallest absolute Gasteiger partial charge is 0.408 e. The minimum absolute atomic E-state index is 0.0140. The number of pyridine rings is 1. The minimum atomic E-state index is -4.45. The molecule has 4 heterocycles. The Hall–Kier alpha value is -4.81. The Bertz CT molecular complexity index is 2200. The van der Waals surface area contributed by atoms with Crippen LogP contribution in [-0.4, -0.2) is 109 Å². The number of carbonyl (C=O) groups excluding carboxylic acids is 4. The van der Waals surface area contributed by atoms with E-state index < -0.39 is 92.3 Å². The standard InChI is InChI=1S/C42H54F3N5O10S/c1-6-25-19-24(2)9-7-8-10-26-21-42(26,37(53)49-61(55,56)41(23-43)14-15-41)48-34(51)30-20-27(22-50(30)36(52)32(25)47-38(54)60-39(3,4)40(5,44)45)59-35-29-11-12-31-33(58-18-17-57-31)28(29)13-16-46-35/h8,10-13,16,24-27,30,32H,6-7,9,14-15,17-23H2,1-5H3,(H,47,54)(H,48,51)(H,49,53)/b10-8-/t24-,25+,26+,27+,30-,32-,42+/m0/s1. The number of hydrogen-bond donors (Lipinski definition) is 3. The molecule has 4 amide bonds. The lowest BCUT2D eigenvalue weighted by Crippen LogP contribution is -2.60. The molecule has 1 aromatic heterocycles. The molecule has 7 atom stereocenters. The lowest BCUT2D eigenvalue weighted by Gasteiger charge is -2.35. The highest BCUT2D eigenvalue weighted by atomic mass is 32.2. The van der Waals surface area contributed by atoms with Crippen molar-refractivity contribution in [1.29, 1.82) is 0 Å². The van der Waals surface area contributed by atoms with Gasteiger partial charge in [-0.25, -0.2) is 31.4 Å². The van der Waals surface area contributed by atoms with Crippen LogP contribution in [0.1, 0.15) is 86.0 Å². The molecular formula is C42H54F3N5O10S. The van der Waals surface area contributed by atoms with Gasteiger partial charge in [0, 0.05) is 36.2 Å². The first-order valence-electron chi connectivity index (χ1n) is 20.9. The van der Waals surface area contributed by atoms with Crippen molar-refractivity contribution in [1.82, 2.24) is 25.2 Å². The second-order valence-electron chi connectivity index (χ2n) is 17.7. The summed E-state index contributed by atoms with van der Waals surface area (Å²) in [7, 11) is -4.45. The van der Waals surface area contributed by atoms with Crippen LogP contribution in [0.5, 0.6) is 17.4 Å². The molecule has 1 saturated heterocycles. The first-order valence-corrected chi connectivity index (χ1v) is 22.4. The molecule has 7 rings (SSSR count). The fraction of sp³-hybridized carbons (Fsp3) is 0.643. The molecule has 2 saturated carbocycles. The van der Waals surface area contributed by atoms with E-state index in [-0.39, 0.29) is 44.0 Å². The lowest BCUT2D eigenvalue weighted by atomic mass is 9.85. The first kappa shape index (κ1) is 44.3. The maximum Gasteiger partial charge on any atom is 0.408 e. The number of ether oxygens (including phenoxy) is 4. The summed E-state index contributed by atoms with van der Waals surface area (Å²) in [4.78, 5) is 62.8. The Labute approximate surface area is 352 Å².